The first kappa shape index (κ1) is 12.7. The second-order valence-electron chi connectivity index (χ2n) is 4.52. The van der Waals surface area contributed by atoms with Gasteiger partial charge in [0.2, 0.25) is 0 Å². The van der Waals surface area contributed by atoms with Gasteiger partial charge in [-0.05, 0) is 43.7 Å². The molecule has 1 heterocycles. The van der Waals surface area contributed by atoms with Gasteiger partial charge in [-0.25, -0.2) is 4.39 Å². The van der Waals surface area contributed by atoms with Gasteiger partial charge in [-0.2, -0.15) is 0 Å². The zero-order valence-corrected chi connectivity index (χ0v) is 10.9. The highest BCUT2D eigenvalue weighted by Gasteiger charge is 2.15. The third-order valence-electron chi connectivity index (χ3n) is 3.09. The third kappa shape index (κ3) is 2.57. The van der Waals surface area contributed by atoms with Crippen LogP contribution in [0.5, 0.6) is 0 Å². The highest BCUT2D eigenvalue weighted by molar-refractivity contribution is 5.38. The number of nitrogens with one attached hydrogen (secondary N) is 1. The smallest absolute Gasteiger partial charge is 0.141 e. The first-order chi connectivity index (χ1) is 8.61. The van der Waals surface area contributed by atoms with Gasteiger partial charge in [-0.1, -0.05) is 23.8 Å². The van der Waals surface area contributed by atoms with Gasteiger partial charge in [-0.15, -0.1) is 0 Å². The Kier molecular flexibility index (Phi) is 3.72. The van der Waals surface area contributed by atoms with E-state index < -0.39 is 0 Å². The van der Waals surface area contributed by atoms with Gasteiger partial charge in [0.05, 0.1) is 12.2 Å². The number of rotatable bonds is 3. The molecule has 94 valence electrons. The standard InChI is InChI=1S/C15H17FN2/c1-10-4-5-11(2)14(6-10)15(17-3)12-7-13(16)9-18-8-12/h4-9,15,17H,1-3H3. The Labute approximate surface area is 107 Å². The number of hydrogen-bond acceptors (Lipinski definition) is 2. The van der Waals surface area contributed by atoms with Gasteiger partial charge in [0, 0.05) is 6.20 Å². The molecule has 0 bridgehead atoms. The highest BCUT2D eigenvalue weighted by Crippen LogP contribution is 2.25. The molecular weight excluding hydrogens is 227 g/mol. The van der Waals surface area contributed by atoms with E-state index in [2.05, 4.69) is 42.3 Å². The summed E-state index contributed by atoms with van der Waals surface area (Å²) in [7, 11) is 1.87. The predicted molar refractivity (Wildman–Crippen MR) is 71.0 cm³/mol. The van der Waals surface area contributed by atoms with Gasteiger partial charge in [0.1, 0.15) is 5.82 Å². The molecule has 0 spiro atoms. The number of aromatic nitrogens is 1. The van der Waals surface area contributed by atoms with Crippen LogP contribution in [0.4, 0.5) is 4.39 Å². The summed E-state index contributed by atoms with van der Waals surface area (Å²) >= 11 is 0. The molecule has 0 radical (unpaired) electrons. The fraction of sp³-hybridized carbons (Fsp3) is 0.267. The highest BCUT2D eigenvalue weighted by atomic mass is 19.1. The van der Waals surface area contributed by atoms with Crippen LogP contribution in [0.15, 0.2) is 36.7 Å². The molecular formula is C15H17FN2. The fourth-order valence-electron chi connectivity index (χ4n) is 2.16. The SMILES string of the molecule is CNC(c1cncc(F)c1)c1cc(C)ccc1C. The fourth-order valence-corrected chi connectivity index (χ4v) is 2.16. The second kappa shape index (κ2) is 5.27. The lowest BCUT2D eigenvalue weighted by Crippen LogP contribution is -2.19. The van der Waals surface area contributed by atoms with Crippen LogP contribution in [0.3, 0.4) is 0 Å². The topological polar surface area (TPSA) is 24.9 Å². The molecule has 2 aromatic rings. The van der Waals surface area contributed by atoms with Crippen molar-refractivity contribution in [1.29, 1.82) is 0 Å². The van der Waals surface area contributed by atoms with Crippen LogP contribution in [0.2, 0.25) is 0 Å². The third-order valence-corrected chi connectivity index (χ3v) is 3.09. The van der Waals surface area contributed by atoms with Crippen LogP contribution in [-0.4, -0.2) is 12.0 Å². The Morgan fingerprint density at radius 3 is 2.61 bits per heavy atom. The van der Waals surface area contributed by atoms with Crippen molar-refractivity contribution in [1.82, 2.24) is 10.3 Å². The zero-order valence-electron chi connectivity index (χ0n) is 10.9. The van der Waals surface area contributed by atoms with E-state index in [9.17, 15) is 4.39 Å². The van der Waals surface area contributed by atoms with Gasteiger partial charge < -0.3 is 5.32 Å². The van der Waals surface area contributed by atoms with E-state index in [0.717, 1.165) is 11.1 Å². The van der Waals surface area contributed by atoms with E-state index in [0.29, 0.717) is 0 Å². The van der Waals surface area contributed by atoms with Crippen LogP contribution in [0.25, 0.3) is 0 Å². The Bertz CT molecular complexity index is 552. The van der Waals surface area contributed by atoms with E-state index >= 15 is 0 Å². The van der Waals surface area contributed by atoms with Crippen molar-refractivity contribution >= 4 is 0 Å². The molecule has 2 rings (SSSR count). The Morgan fingerprint density at radius 1 is 1.17 bits per heavy atom. The summed E-state index contributed by atoms with van der Waals surface area (Å²) in [5.41, 5.74) is 4.38. The van der Waals surface area contributed by atoms with E-state index in [4.69, 9.17) is 0 Å². The molecule has 3 heteroatoms. The molecule has 1 unspecified atom stereocenters. The molecule has 1 aromatic carbocycles. The largest absolute Gasteiger partial charge is 0.309 e. The predicted octanol–water partition coefficient (Wildman–Crippen LogP) is 3.15. The molecule has 0 amide bonds. The normalized spacial score (nSPS) is 12.4. The van der Waals surface area contributed by atoms with Crippen molar-refractivity contribution in [3.63, 3.8) is 0 Å². The van der Waals surface area contributed by atoms with Gasteiger partial charge in [-0.3, -0.25) is 4.98 Å². The van der Waals surface area contributed by atoms with Crippen LogP contribution < -0.4 is 5.32 Å². The van der Waals surface area contributed by atoms with Crippen LogP contribution in [0.1, 0.15) is 28.3 Å². The number of benzene rings is 1. The minimum Gasteiger partial charge on any atom is -0.309 e. The molecule has 1 atom stereocenters. The quantitative estimate of drug-likeness (QED) is 0.897. The van der Waals surface area contributed by atoms with E-state index in [1.807, 2.05) is 7.05 Å². The Hall–Kier alpha value is -1.74. The lowest BCUT2D eigenvalue weighted by molar-refractivity contribution is 0.608. The number of aryl methyl sites for hydroxylation is 2. The first-order valence-electron chi connectivity index (χ1n) is 5.96. The molecule has 1 aromatic heterocycles. The molecule has 0 saturated heterocycles. The van der Waals surface area contributed by atoms with Gasteiger partial charge in [0.25, 0.3) is 0 Å². The summed E-state index contributed by atoms with van der Waals surface area (Å²) < 4.78 is 13.3. The van der Waals surface area contributed by atoms with Crippen molar-refractivity contribution in [2.75, 3.05) is 7.05 Å². The van der Waals surface area contributed by atoms with Crippen molar-refractivity contribution in [3.05, 3.63) is 64.7 Å². The molecule has 1 N–H and O–H groups in total. The molecule has 2 nitrogen and oxygen atoms in total. The lowest BCUT2D eigenvalue weighted by Gasteiger charge is -2.19. The lowest BCUT2D eigenvalue weighted by atomic mass is 9.94. The molecule has 18 heavy (non-hydrogen) atoms. The maximum absolute atomic E-state index is 13.3. The number of halogens is 1. The number of pyridine rings is 1. The van der Waals surface area contributed by atoms with Crippen LogP contribution >= 0.6 is 0 Å². The van der Waals surface area contributed by atoms with E-state index in [1.54, 1.807) is 6.20 Å². The summed E-state index contributed by atoms with van der Waals surface area (Å²) in [6.07, 6.45) is 2.92. The second-order valence-corrected chi connectivity index (χ2v) is 4.52. The summed E-state index contributed by atoms with van der Waals surface area (Å²) in [5, 5.41) is 3.22. The molecule has 0 fully saturated rings. The molecule has 0 saturated carbocycles. The molecule has 0 aliphatic carbocycles. The van der Waals surface area contributed by atoms with Crippen molar-refractivity contribution in [2.24, 2.45) is 0 Å². The summed E-state index contributed by atoms with van der Waals surface area (Å²) in [5.74, 6) is -0.307. The maximum atomic E-state index is 13.3. The summed E-state index contributed by atoms with van der Waals surface area (Å²) in [4.78, 5) is 3.92. The minimum atomic E-state index is -0.307. The molecule has 0 aliphatic rings. The van der Waals surface area contributed by atoms with Crippen molar-refractivity contribution in [3.8, 4) is 0 Å². The van der Waals surface area contributed by atoms with E-state index in [1.165, 1.54) is 23.4 Å². The van der Waals surface area contributed by atoms with Crippen LogP contribution in [0, 0.1) is 19.7 Å². The van der Waals surface area contributed by atoms with Crippen LogP contribution in [-0.2, 0) is 0 Å². The average Bonchev–Trinajstić information content (AvgIpc) is 2.35. The Balaban J connectivity index is 2.48. The molecule has 0 aliphatic heterocycles. The first-order valence-corrected chi connectivity index (χ1v) is 5.96. The zero-order chi connectivity index (χ0) is 13.1. The Morgan fingerprint density at radius 2 is 1.94 bits per heavy atom. The monoisotopic (exact) mass is 244 g/mol. The minimum absolute atomic E-state index is 0.0342. The van der Waals surface area contributed by atoms with Crippen molar-refractivity contribution in [2.45, 2.75) is 19.9 Å². The summed E-state index contributed by atoms with van der Waals surface area (Å²) in [6.45, 7) is 4.12. The van der Waals surface area contributed by atoms with Crippen molar-refractivity contribution < 1.29 is 4.39 Å². The van der Waals surface area contributed by atoms with Gasteiger partial charge >= 0.3 is 0 Å². The van der Waals surface area contributed by atoms with Gasteiger partial charge in [0.15, 0.2) is 0 Å². The summed E-state index contributed by atoms with van der Waals surface area (Å²) in [6, 6.07) is 7.78. The van der Waals surface area contributed by atoms with E-state index in [-0.39, 0.29) is 11.9 Å². The maximum Gasteiger partial charge on any atom is 0.141 e. The number of hydrogen-bond donors (Lipinski definition) is 1. The average molecular weight is 244 g/mol. The number of nitrogens with zero attached hydrogens (tertiary/aromatic N) is 1.